The van der Waals surface area contributed by atoms with Crippen LogP contribution in [-0.4, -0.2) is 31.1 Å². The lowest BCUT2D eigenvalue weighted by atomic mass is 10.2. The van der Waals surface area contributed by atoms with Gasteiger partial charge < -0.3 is 5.11 Å². The predicted molar refractivity (Wildman–Crippen MR) is 67.2 cm³/mol. The first kappa shape index (κ1) is 12.7. The van der Waals surface area contributed by atoms with Crippen molar-refractivity contribution >= 4 is 11.9 Å². The third-order valence-corrected chi connectivity index (χ3v) is 2.49. The molecule has 0 atom stereocenters. The highest BCUT2D eigenvalue weighted by atomic mass is 16.6. The molecule has 1 N–H and O–H groups in total. The van der Waals surface area contributed by atoms with E-state index in [2.05, 4.69) is 15.3 Å². The molecule has 0 spiro atoms. The van der Waals surface area contributed by atoms with Crippen molar-refractivity contribution in [1.29, 1.82) is 0 Å². The number of non-ortho nitro benzene ring substituents is 1. The standard InChI is InChI=1S/C11H11N5O3/c1-7-13-14-8(2)15(7)12-6-9-5-10(16(18)19)3-4-11(9)17/h3-6,17H,1-2H3/b12-6+. The molecule has 0 aliphatic carbocycles. The van der Waals surface area contributed by atoms with E-state index in [0.717, 1.165) is 0 Å². The number of aryl methyl sites for hydroxylation is 2. The van der Waals surface area contributed by atoms with Gasteiger partial charge in [-0.05, 0) is 19.9 Å². The molecule has 0 amide bonds. The van der Waals surface area contributed by atoms with E-state index in [-0.39, 0.29) is 17.0 Å². The molecule has 0 bridgehead atoms. The molecular weight excluding hydrogens is 250 g/mol. The fourth-order valence-corrected chi connectivity index (χ4v) is 1.51. The van der Waals surface area contributed by atoms with Gasteiger partial charge in [-0.2, -0.15) is 5.10 Å². The Morgan fingerprint density at radius 3 is 2.58 bits per heavy atom. The van der Waals surface area contributed by atoms with Gasteiger partial charge in [-0.15, -0.1) is 10.2 Å². The van der Waals surface area contributed by atoms with Crippen molar-refractivity contribution < 1.29 is 10.0 Å². The van der Waals surface area contributed by atoms with Crippen LogP contribution in [0.25, 0.3) is 0 Å². The van der Waals surface area contributed by atoms with Crippen molar-refractivity contribution in [3.63, 3.8) is 0 Å². The molecular formula is C11H11N5O3. The molecule has 0 radical (unpaired) electrons. The lowest BCUT2D eigenvalue weighted by Gasteiger charge is -2.00. The van der Waals surface area contributed by atoms with E-state index >= 15 is 0 Å². The molecule has 0 saturated heterocycles. The Bertz CT molecular complexity index is 643. The second-order valence-electron chi connectivity index (χ2n) is 3.85. The summed E-state index contributed by atoms with van der Waals surface area (Å²) < 4.78 is 1.47. The maximum atomic E-state index is 10.7. The molecule has 98 valence electrons. The summed E-state index contributed by atoms with van der Waals surface area (Å²) in [6.45, 7) is 3.45. The number of hydrogen-bond acceptors (Lipinski definition) is 6. The highest BCUT2D eigenvalue weighted by molar-refractivity contribution is 5.84. The van der Waals surface area contributed by atoms with Gasteiger partial charge in [0.15, 0.2) is 11.6 Å². The zero-order chi connectivity index (χ0) is 14.0. The highest BCUT2D eigenvalue weighted by Gasteiger charge is 2.09. The highest BCUT2D eigenvalue weighted by Crippen LogP contribution is 2.21. The molecule has 0 saturated carbocycles. The molecule has 2 rings (SSSR count). The molecule has 8 heteroatoms. The van der Waals surface area contributed by atoms with Crippen molar-refractivity contribution in [2.75, 3.05) is 0 Å². The van der Waals surface area contributed by atoms with Crippen LogP contribution in [-0.2, 0) is 0 Å². The first-order valence-electron chi connectivity index (χ1n) is 5.39. The average molecular weight is 261 g/mol. The van der Waals surface area contributed by atoms with Crippen LogP contribution in [0.15, 0.2) is 23.3 Å². The molecule has 0 unspecified atom stereocenters. The minimum atomic E-state index is -0.536. The van der Waals surface area contributed by atoms with E-state index in [0.29, 0.717) is 11.6 Å². The van der Waals surface area contributed by atoms with Crippen molar-refractivity contribution in [3.05, 3.63) is 45.5 Å². The van der Waals surface area contributed by atoms with Crippen LogP contribution in [0.3, 0.4) is 0 Å². The van der Waals surface area contributed by atoms with Gasteiger partial charge in [0.1, 0.15) is 5.75 Å². The Labute approximate surface area is 108 Å². The third kappa shape index (κ3) is 2.57. The molecule has 1 aromatic carbocycles. The van der Waals surface area contributed by atoms with Crippen LogP contribution in [0.1, 0.15) is 17.2 Å². The molecule has 8 nitrogen and oxygen atoms in total. The van der Waals surface area contributed by atoms with Crippen LogP contribution in [0.2, 0.25) is 0 Å². The number of nitro benzene ring substituents is 1. The molecule has 0 fully saturated rings. The van der Waals surface area contributed by atoms with Crippen LogP contribution in [0.5, 0.6) is 5.75 Å². The minimum Gasteiger partial charge on any atom is -0.507 e. The third-order valence-electron chi connectivity index (χ3n) is 2.49. The summed E-state index contributed by atoms with van der Waals surface area (Å²) in [5.74, 6) is 1.08. The fraction of sp³-hybridized carbons (Fsp3) is 0.182. The Hall–Kier alpha value is -2.77. The summed E-state index contributed by atoms with van der Waals surface area (Å²) in [5, 5.41) is 32.0. The zero-order valence-electron chi connectivity index (χ0n) is 10.3. The van der Waals surface area contributed by atoms with Crippen LogP contribution in [0, 0.1) is 24.0 Å². The molecule has 0 aliphatic rings. The topological polar surface area (TPSA) is 106 Å². The van der Waals surface area contributed by atoms with E-state index in [4.69, 9.17) is 0 Å². The van der Waals surface area contributed by atoms with Crippen molar-refractivity contribution in [3.8, 4) is 5.75 Å². The first-order chi connectivity index (χ1) is 8.99. The van der Waals surface area contributed by atoms with Crippen molar-refractivity contribution in [2.24, 2.45) is 5.10 Å². The second-order valence-corrected chi connectivity index (χ2v) is 3.85. The summed E-state index contributed by atoms with van der Waals surface area (Å²) in [6.07, 6.45) is 1.33. The maximum Gasteiger partial charge on any atom is 0.270 e. The molecule has 2 aromatic rings. The van der Waals surface area contributed by atoms with Gasteiger partial charge in [-0.1, -0.05) is 0 Å². The van der Waals surface area contributed by atoms with E-state index < -0.39 is 4.92 Å². The molecule has 19 heavy (non-hydrogen) atoms. The maximum absolute atomic E-state index is 10.7. The normalized spacial score (nSPS) is 11.1. The van der Waals surface area contributed by atoms with Gasteiger partial charge in [0.2, 0.25) is 0 Å². The van der Waals surface area contributed by atoms with E-state index in [9.17, 15) is 15.2 Å². The number of hydrogen-bond donors (Lipinski definition) is 1. The first-order valence-corrected chi connectivity index (χ1v) is 5.39. The van der Waals surface area contributed by atoms with Crippen LogP contribution < -0.4 is 0 Å². The quantitative estimate of drug-likeness (QED) is 0.510. The number of nitro groups is 1. The lowest BCUT2D eigenvalue weighted by Crippen LogP contribution is -1.97. The van der Waals surface area contributed by atoms with E-state index in [1.54, 1.807) is 13.8 Å². The molecule has 1 heterocycles. The minimum absolute atomic E-state index is 0.0854. The number of nitrogens with zero attached hydrogens (tertiary/aromatic N) is 5. The Kier molecular flexibility index (Phi) is 3.23. The number of benzene rings is 1. The van der Waals surface area contributed by atoms with Gasteiger partial charge in [-0.25, -0.2) is 4.68 Å². The zero-order valence-corrected chi connectivity index (χ0v) is 10.3. The number of phenols is 1. The van der Waals surface area contributed by atoms with Gasteiger partial charge in [0, 0.05) is 17.7 Å². The summed E-state index contributed by atoms with van der Waals surface area (Å²) in [5.41, 5.74) is 0.137. The lowest BCUT2D eigenvalue weighted by molar-refractivity contribution is -0.384. The Balaban J connectivity index is 2.38. The van der Waals surface area contributed by atoms with Crippen LogP contribution >= 0.6 is 0 Å². The number of aromatic hydroxyl groups is 1. The smallest absolute Gasteiger partial charge is 0.270 e. The van der Waals surface area contributed by atoms with Gasteiger partial charge in [-0.3, -0.25) is 10.1 Å². The SMILES string of the molecule is Cc1nnc(C)n1/N=C/c1cc([N+](=O)[O-])ccc1O. The predicted octanol–water partition coefficient (Wildman–Crippen LogP) is 1.39. The van der Waals surface area contributed by atoms with Crippen molar-refractivity contribution in [2.45, 2.75) is 13.8 Å². The number of aromatic nitrogens is 3. The van der Waals surface area contributed by atoms with Gasteiger partial charge in [0.05, 0.1) is 11.1 Å². The Morgan fingerprint density at radius 2 is 2.00 bits per heavy atom. The number of phenolic OH excluding ortho intramolecular Hbond substituents is 1. The van der Waals surface area contributed by atoms with Crippen LogP contribution in [0.4, 0.5) is 5.69 Å². The van der Waals surface area contributed by atoms with E-state index in [1.807, 2.05) is 0 Å². The largest absolute Gasteiger partial charge is 0.507 e. The van der Waals surface area contributed by atoms with E-state index in [1.165, 1.54) is 29.1 Å². The molecule has 0 aliphatic heterocycles. The molecule has 1 aromatic heterocycles. The second kappa shape index (κ2) is 4.84. The summed E-state index contributed by atoms with van der Waals surface area (Å²) in [7, 11) is 0. The number of rotatable bonds is 3. The van der Waals surface area contributed by atoms with Gasteiger partial charge >= 0.3 is 0 Å². The fourth-order valence-electron chi connectivity index (χ4n) is 1.51. The van der Waals surface area contributed by atoms with Crippen molar-refractivity contribution in [1.82, 2.24) is 14.9 Å². The van der Waals surface area contributed by atoms with Gasteiger partial charge in [0.25, 0.3) is 5.69 Å². The average Bonchev–Trinajstić information content (AvgIpc) is 2.68. The summed E-state index contributed by atoms with van der Waals surface area (Å²) in [6, 6.07) is 3.72. The monoisotopic (exact) mass is 261 g/mol. The summed E-state index contributed by atoms with van der Waals surface area (Å²) in [4.78, 5) is 10.1. The summed E-state index contributed by atoms with van der Waals surface area (Å²) >= 11 is 0. The Morgan fingerprint density at radius 1 is 1.37 bits per heavy atom.